The molecular formula is C23H18Cl2N2O3S. The van der Waals surface area contributed by atoms with Crippen LogP contribution in [0.25, 0.3) is 6.08 Å². The maximum Gasteiger partial charge on any atom is 0.338 e. The minimum absolute atomic E-state index is 0.255. The molecular weight excluding hydrogens is 455 g/mol. The maximum atomic E-state index is 13.4. The summed E-state index contributed by atoms with van der Waals surface area (Å²) >= 11 is 13.5. The zero-order valence-electron chi connectivity index (χ0n) is 17.0. The summed E-state index contributed by atoms with van der Waals surface area (Å²) in [6.07, 6.45) is 1.71. The monoisotopic (exact) mass is 472 g/mol. The van der Waals surface area contributed by atoms with E-state index in [4.69, 9.17) is 27.9 Å². The summed E-state index contributed by atoms with van der Waals surface area (Å²) in [6, 6.07) is 12.2. The molecule has 2 heterocycles. The number of aryl methyl sites for hydroxylation is 1. The van der Waals surface area contributed by atoms with Gasteiger partial charge in [0.05, 0.1) is 29.0 Å². The number of ether oxygens (including phenoxy) is 1. The lowest BCUT2D eigenvalue weighted by atomic mass is 9.95. The number of halogens is 2. The Labute approximate surface area is 192 Å². The van der Waals surface area contributed by atoms with Gasteiger partial charge in [0.25, 0.3) is 5.56 Å². The van der Waals surface area contributed by atoms with Crippen LogP contribution in [0.3, 0.4) is 0 Å². The number of rotatable bonds is 3. The van der Waals surface area contributed by atoms with Gasteiger partial charge in [0, 0.05) is 10.0 Å². The maximum absolute atomic E-state index is 13.4. The fraction of sp³-hybridized carbons (Fsp3) is 0.174. The van der Waals surface area contributed by atoms with Gasteiger partial charge in [-0.25, -0.2) is 9.79 Å². The lowest BCUT2D eigenvalue weighted by molar-refractivity contribution is -0.136. The van der Waals surface area contributed by atoms with Crippen LogP contribution < -0.4 is 14.9 Å². The molecule has 1 unspecified atom stereocenters. The van der Waals surface area contributed by atoms with Crippen molar-refractivity contribution in [3.8, 4) is 0 Å². The summed E-state index contributed by atoms with van der Waals surface area (Å²) in [6.45, 7) is 3.73. The first-order chi connectivity index (χ1) is 14.8. The van der Waals surface area contributed by atoms with Crippen LogP contribution in [0.5, 0.6) is 0 Å². The standard InChI is InChI=1S/C23H18Cl2N2O3S/c1-12-4-6-14(7-5-12)20-19(22(29)30-3)13(2)26-23-27(20)21(28)18(31-23)10-15-8-9-16(24)11-17(15)25/h4-11,20H,1-3H3/b18-10-. The molecule has 0 radical (unpaired) electrons. The van der Waals surface area contributed by atoms with E-state index in [0.717, 1.165) is 11.1 Å². The van der Waals surface area contributed by atoms with E-state index in [-0.39, 0.29) is 5.56 Å². The topological polar surface area (TPSA) is 60.7 Å². The highest BCUT2D eigenvalue weighted by Crippen LogP contribution is 2.30. The zero-order chi connectivity index (χ0) is 22.3. The number of carbonyl (C=O) groups is 1. The largest absolute Gasteiger partial charge is 0.466 e. The Kier molecular flexibility index (Phi) is 5.88. The van der Waals surface area contributed by atoms with Crippen molar-refractivity contribution in [3.05, 3.63) is 100 Å². The van der Waals surface area contributed by atoms with Gasteiger partial charge < -0.3 is 4.74 Å². The molecule has 1 atom stereocenters. The normalized spacial score (nSPS) is 16.2. The molecule has 0 N–H and O–H groups in total. The zero-order valence-corrected chi connectivity index (χ0v) is 19.3. The number of hydrogen-bond acceptors (Lipinski definition) is 5. The number of carbonyl (C=O) groups excluding carboxylic acids is 1. The van der Waals surface area contributed by atoms with E-state index >= 15 is 0 Å². The Hall–Kier alpha value is -2.67. The van der Waals surface area contributed by atoms with Crippen LogP contribution in [0.2, 0.25) is 10.0 Å². The molecule has 0 bridgehead atoms. The van der Waals surface area contributed by atoms with E-state index in [9.17, 15) is 9.59 Å². The fourth-order valence-electron chi connectivity index (χ4n) is 3.52. The second-order valence-electron chi connectivity index (χ2n) is 7.15. The van der Waals surface area contributed by atoms with Crippen molar-refractivity contribution in [1.29, 1.82) is 0 Å². The highest BCUT2D eigenvalue weighted by atomic mass is 35.5. The summed E-state index contributed by atoms with van der Waals surface area (Å²) in [7, 11) is 1.32. The molecule has 3 aromatic rings. The van der Waals surface area contributed by atoms with E-state index in [2.05, 4.69) is 4.99 Å². The predicted molar refractivity (Wildman–Crippen MR) is 123 cm³/mol. The molecule has 0 amide bonds. The second kappa shape index (κ2) is 8.46. The molecule has 0 spiro atoms. The van der Waals surface area contributed by atoms with Crippen molar-refractivity contribution < 1.29 is 9.53 Å². The van der Waals surface area contributed by atoms with Gasteiger partial charge in [-0.2, -0.15) is 0 Å². The Balaban J connectivity index is 1.98. The van der Waals surface area contributed by atoms with E-state index < -0.39 is 12.0 Å². The highest BCUT2D eigenvalue weighted by molar-refractivity contribution is 7.07. The number of thiazole rings is 1. The molecule has 1 aliphatic rings. The molecule has 0 saturated heterocycles. The average Bonchev–Trinajstić information content (AvgIpc) is 3.04. The van der Waals surface area contributed by atoms with Gasteiger partial charge in [0.15, 0.2) is 4.80 Å². The lowest BCUT2D eigenvalue weighted by Gasteiger charge is -2.24. The van der Waals surface area contributed by atoms with Crippen molar-refractivity contribution in [2.45, 2.75) is 19.9 Å². The number of nitrogens with zero attached hydrogens (tertiary/aromatic N) is 2. The van der Waals surface area contributed by atoms with Gasteiger partial charge in [-0.3, -0.25) is 9.36 Å². The Morgan fingerprint density at radius 1 is 1.16 bits per heavy atom. The Morgan fingerprint density at radius 3 is 2.52 bits per heavy atom. The summed E-state index contributed by atoms with van der Waals surface area (Å²) in [5.74, 6) is -0.512. The molecule has 8 heteroatoms. The van der Waals surface area contributed by atoms with Crippen molar-refractivity contribution in [2.24, 2.45) is 4.99 Å². The molecule has 0 fully saturated rings. The van der Waals surface area contributed by atoms with Crippen LogP contribution in [0.1, 0.15) is 29.7 Å². The van der Waals surface area contributed by atoms with Gasteiger partial charge in [0.1, 0.15) is 0 Å². The smallest absolute Gasteiger partial charge is 0.338 e. The highest BCUT2D eigenvalue weighted by Gasteiger charge is 2.32. The lowest BCUT2D eigenvalue weighted by Crippen LogP contribution is -2.39. The molecule has 31 heavy (non-hydrogen) atoms. The molecule has 1 aliphatic heterocycles. The predicted octanol–water partition coefficient (Wildman–Crippen LogP) is 4.02. The summed E-state index contributed by atoms with van der Waals surface area (Å²) in [5, 5.41) is 0.959. The van der Waals surface area contributed by atoms with Gasteiger partial charge in [-0.05, 0) is 43.2 Å². The molecule has 2 aromatic carbocycles. The van der Waals surface area contributed by atoms with Crippen LogP contribution in [0, 0.1) is 6.92 Å². The summed E-state index contributed by atoms with van der Waals surface area (Å²) < 4.78 is 7.02. The number of benzene rings is 2. The van der Waals surface area contributed by atoms with Crippen molar-refractivity contribution in [3.63, 3.8) is 0 Å². The number of esters is 1. The van der Waals surface area contributed by atoms with Gasteiger partial charge in [-0.1, -0.05) is 70.4 Å². The number of methoxy groups -OCH3 is 1. The van der Waals surface area contributed by atoms with Gasteiger partial charge >= 0.3 is 5.97 Å². The van der Waals surface area contributed by atoms with Crippen molar-refractivity contribution in [2.75, 3.05) is 7.11 Å². The first-order valence-electron chi connectivity index (χ1n) is 9.42. The van der Waals surface area contributed by atoms with Crippen LogP contribution >= 0.6 is 34.5 Å². The molecule has 4 rings (SSSR count). The minimum atomic E-state index is -0.632. The molecule has 5 nitrogen and oxygen atoms in total. The Morgan fingerprint density at radius 2 is 1.87 bits per heavy atom. The number of fused-ring (bicyclic) bond motifs is 1. The SMILES string of the molecule is COC(=O)C1=C(C)N=c2s/c(=C\c3ccc(Cl)cc3Cl)c(=O)n2C1c1ccc(C)cc1. The second-order valence-corrected chi connectivity index (χ2v) is 9.00. The molecule has 1 aromatic heterocycles. The number of hydrogen-bond donors (Lipinski definition) is 0. The number of allylic oxidation sites excluding steroid dienone is 1. The van der Waals surface area contributed by atoms with Crippen LogP contribution in [0.4, 0.5) is 0 Å². The van der Waals surface area contributed by atoms with Gasteiger partial charge in [0.2, 0.25) is 0 Å². The summed E-state index contributed by atoms with van der Waals surface area (Å²) in [5.41, 5.74) is 3.16. The third-order valence-corrected chi connectivity index (χ3v) is 6.61. The Bertz CT molecular complexity index is 1400. The van der Waals surface area contributed by atoms with Crippen LogP contribution in [0.15, 0.2) is 63.5 Å². The first-order valence-corrected chi connectivity index (χ1v) is 11.0. The average molecular weight is 473 g/mol. The van der Waals surface area contributed by atoms with E-state index in [0.29, 0.717) is 36.2 Å². The van der Waals surface area contributed by atoms with Crippen molar-refractivity contribution in [1.82, 2.24) is 4.57 Å². The van der Waals surface area contributed by atoms with Gasteiger partial charge in [-0.15, -0.1) is 0 Å². The molecule has 158 valence electrons. The molecule has 0 aliphatic carbocycles. The third kappa shape index (κ3) is 3.99. The van der Waals surface area contributed by atoms with E-state index in [1.807, 2.05) is 31.2 Å². The van der Waals surface area contributed by atoms with E-state index in [1.165, 1.54) is 18.4 Å². The third-order valence-electron chi connectivity index (χ3n) is 5.07. The molecule has 0 saturated carbocycles. The summed E-state index contributed by atoms with van der Waals surface area (Å²) in [4.78, 5) is 31.1. The van der Waals surface area contributed by atoms with Crippen LogP contribution in [-0.4, -0.2) is 17.6 Å². The quantitative estimate of drug-likeness (QED) is 0.540. The first kappa shape index (κ1) is 21.6. The number of aromatic nitrogens is 1. The van der Waals surface area contributed by atoms with Crippen molar-refractivity contribution >= 4 is 46.6 Å². The van der Waals surface area contributed by atoms with Crippen LogP contribution in [-0.2, 0) is 9.53 Å². The van der Waals surface area contributed by atoms with E-state index in [1.54, 1.807) is 35.8 Å². The fourth-order valence-corrected chi connectivity index (χ4v) is 5.02. The minimum Gasteiger partial charge on any atom is -0.466 e.